The van der Waals surface area contributed by atoms with Gasteiger partial charge in [0.2, 0.25) is 0 Å². The van der Waals surface area contributed by atoms with Gasteiger partial charge in [0.25, 0.3) is 5.91 Å². The Bertz CT molecular complexity index is 791. The lowest BCUT2D eigenvalue weighted by molar-refractivity contribution is 0.0303. The third kappa shape index (κ3) is 5.65. The zero-order valence-corrected chi connectivity index (χ0v) is 18.2. The monoisotopic (exact) mass is 430 g/mol. The van der Waals surface area contributed by atoms with Gasteiger partial charge in [0.05, 0.1) is 18.8 Å². The van der Waals surface area contributed by atoms with E-state index in [1.54, 1.807) is 0 Å². The number of para-hydroxylation sites is 2. The first-order valence-corrected chi connectivity index (χ1v) is 10.5. The highest BCUT2D eigenvalue weighted by atomic mass is 35.5. The van der Waals surface area contributed by atoms with Gasteiger partial charge in [-0.3, -0.25) is 9.69 Å². The van der Waals surface area contributed by atoms with Crippen LogP contribution in [-0.4, -0.2) is 81.3 Å². The number of rotatable bonds is 6. The summed E-state index contributed by atoms with van der Waals surface area (Å²) in [5, 5.41) is 3.49. The summed E-state index contributed by atoms with van der Waals surface area (Å²) in [5.41, 5.74) is 2.98. The van der Waals surface area contributed by atoms with Crippen molar-refractivity contribution in [2.24, 2.45) is 0 Å². The predicted octanol–water partition coefficient (Wildman–Crippen LogP) is 2.81. The van der Waals surface area contributed by atoms with Gasteiger partial charge in [-0.05, 0) is 24.3 Å². The number of halogens is 1. The number of piperazine rings is 1. The molecular formula is C23H31ClN4O2. The van der Waals surface area contributed by atoms with Crippen molar-refractivity contribution in [3.8, 4) is 0 Å². The maximum absolute atomic E-state index is 12.9. The average Bonchev–Trinajstić information content (AvgIpc) is 2.80. The summed E-state index contributed by atoms with van der Waals surface area (Å²) >= 11 is 0. The Kier molecular flexibility index (Phi) is 8.37. The van der Waals surface area contributed by atoms with Crippen molar-refractivity contribution in [3.05, 3.63) is 60.2 Å². The van der Waals surface area contributed by atoms with E-state index in [0.29, 0.717) is 26.3 Å². The van der Waals surface area contributed by atoms with Gasteiger partial charge in [-0.2, -0.15) is 0 Å². The smallest absolute Gasteiger partial charge is 0.256 e. The average molecular weight is 431 g/mol. The molecule has 7 heteroatoms. The lowest BCUT2D eigenvalue weighted by Crippen LogP contribution is -2.47. The van der Waals surface area contributed by atoms with Crippen LogP contribution in [0.5, 0.6) is 0 Å². The van der Waals surface area contributed by atoms with Gasteiger partial charge in [-0.15, -0.1) is 12.4 Å². The minimum Gasteiger partial charge on any atom is -0.383 e. The standard InChI is InChI=1S/C23H30N4O2.ClH/c28-23(27-16-18-29-19-17-27)21-8-4-5-9-22(21)24-10-11-25-12-14-26(15-13-25)20-6-2-1-3-7-20;/h1-9,24H,10-19H2;1H. The van der Waals surface area contributed by atoms with Crippen molar-refractivity contribution in [2.45, 2.75) is 0 Å². The molecule has 0 aliphatic carbocycles. The number of carbonyl (C=O) groups excluding carboxylic acids is 1. The largest absolute Gasteiger partial charge is 0.383 e. The number of amides is 1. The molecule has 0 aromatic heterocycles. The van der Waals surface area contributed by atoms with Crippen LogP contribution < -0.4 is 10.2 Å². The first kappa shape index (κ1) is 22.4. The number of nitrogens with one attached hydrogen (secondary N) is 1. The first-order valence-electron chi connectivity index (χ1n) is 10.5. The fourth-order valence-electron chi connectivity index (χ4n) is 3.98. The first-order chi connectivity index (χ1) is 14.3. The SMILES string of the molecule is Cl.O=C(c1ccccc1NCCN1CCN(c2ccccc2)CC1)N1CCOCC1. The van der Waals surface area contributed by atoms with E-state index >= 15 is 0 Å². The Hall–Kier alpha value is -2.28. The van der Waals surface area contributed by atoms with Crippen LogP contribution in [0.2, 0.25) is 0 Å². The Balaban J connectivity index is 0.00000256. The summed E-state index contributed by atoms with van der Waals surface area (Å²) in [6.45, 7) is 8.61. The topological polar surface area (TPSA) is 48.1 Å². The second kappa shape index (κ2) is 11.2. The molecule has 30 heavy (non-hydrogen) atoms. The normalized spacial score (nSPS) is 17.3. The lowest BCUT2D eigenvalue weighted by Gasteiger charge is -2.36. The van der Waals surface area contributed by atoms with Gasteiger partial charge >= 0.3 is 0 Å². The molecule has 162 valence electrons. The second-order valence-electron chi connectivity index (χ2n) is 7.54. The number of hydrogen-bond donors (Lipinski definition) is 1. The number of nitrogens with zero attached hydrogens (tertiary/aromatic N) is 3. The highest BCUT2D eigenvalue weighted by Gasteiger charge is 2.21. The summed E-state index contributed by atoms with van der Waals surface area (Å²) in [6, 6.07) is 18.5. The molecular weight excluding hydrogens is 400 g/mol. The van der Waals surface area contributed by atoms with Crippen LogP contribution >= 0.6 is 12.4 Å². The van der Waals surface area contributed by atoms with E-state index < -0.39 is 0 Å². The van der Waals surface area contributed by atoms with Crippen molar-refractivity contribution in [2.75, 3.05) is 75.8 Å². The molecule has 0 unspecified atom stereocenters. The zero-order chi connectivity index (χ0) is 19.9. The number of ether oxygens (including phenoxy) is 1. The van der Waals surface area contributed by atoms with Gasteiger partial charge in [-0.25, -0.2) is 0 Å². The zero-order valence-electron chi connectivity index (χ0n) is 17.3. The third-order valence-electron chi connectivity index (χ3n) is 5.69. The molecule has 0 spiro atoms. The van der Waals surface area contributed by atoms with Crippen molar-refractivity contribution in [1.29, 1.82) is 0 Å². The molecule has 2 aromatic carbocycles. The molecule has 0 bridgehead atoms. The summed E-state index contributed by atoms with van der Waals surface area (Å²) in [4.78, 5) is 19.7. The molecule has 1 amide bonds. The van der Waals surface area contributed by atoms with E-state index in [9.17, 15) is 4.79 Å². The molecule has 1 N–H and O–H groups in total. The second-order valence-corrected chi connectivity index (χ2v) is 7.54. The van der Waals surface area contributed by atoms with Crippen molar-refractivity contribution < 1.29 is 9.53 Å². The number of carbonyl (C=O) groups is 1. The number of morpholine rings is 1. The van der Waals surface area contributed by atoms with E-state index in [0.717, 1.165) is 50.5 Å². The fraction of sp³-hybridized carbons (Fsp3) is 0.435. The highest BCUT2D eigenvalue weighted by Crippen LogP contribution is 2.19. The molecule has 2 aliphatic heterocycles. The molecule has 0 saturated carbocycles. The van der Waals surface area contributed by atoms with Crippen molar-refractivity contribution in [1.82, 2.24) is 9.80 Å². The van der Waals surface area contributed by atoms with E-state index in [1.807, 2.05) is 29.2 Å². The number of benzene rings is 2. The van der Waals surface area contributed by atoms with Gasteiger partial charge < -0.3 is 19.9 Å². The van der Waals surface area contributed by atoms with Crippen LogP contribution in [0, 0.1) is 0 Å². The quantitative estimate of drug-likeness (QED) is 0.763. The van der Waals surface area contributed by atoms with Crippen LogP contribution in [-0.2, 0) is 4.74 Å². The molecule has 2 saturated heterocycles. The maximum atomic E-state index is 12.9. The molecule has 2 aliphatic rings. The number of anilines is 2. The van der Waals surface area contributed by atoms with Crippen molar-refractivity contribution in [3.63, 3.8) is 0 Å². The highest BCUT2D eigenvalue weighted by molar-refractivity contribution is 5.99. The van der Waals surface area contributed by atoms with Crippen LogP contribution in [0.3, 0.4) is 0 Å². The predicted molar refractivity (Wildman–Crippen MR) is 124 cm³/mol. The Morgan fingerprint density at radius 2 is 1.53 bits per heavy atom. The van der Waals surface area contributed by atoms with Crippen molar-refractivity contribution >= 4 is 29.7 Å². The summed E-state index contributed by atoms with van der Waals surface area (Å²) < 4.78 is 5.37. The minimum absolute atomic E-state index is 0. The van der Waals surface area contributed by atoms with E-state index in [2.05, 4.69) is 45.4 Å². The molecule has 2 heterocycles. The lowest BCUT2D eigenvalue weighted by atomic mass is 10.1. The molecule has 6 nitrogen and oxygen atoms in total. The van der Waals surface area contributed by atoms with Gasteiger partial charge in [0.15, 0.2) is 0 Å². The molecule has 4 rings (SSSR count). The molecule has 0 radical (unpaired) electrons. The molecule has 0 atom stereocenters. The fourth-order valence-corrected chi connectivity index (χ4v) is 3.98. The number of hydrogen-bond acceptors (Lipinski definition) is 5. The molecule has 2 fully saturated rings. The minimum atomic E-state index is 0. The van der Waals surface area contributed by atoms with Gasteiger partial charge in [0, 0.05) is 63.7 Å². The summed E-state index contributed by atoms with van der Waals surface area (Å²) in [7, 11) is 0. The van der Waals surface area contributed by atoms with Gasteiger partial charge in [0.1, 0.15) is 0 Å². The van der Waals surface area contributed by atoms with E-state index in [1.165, 1.54) is 5.69 Å². The summed E-state index contributed by atoms with van der Waals surface area (Å²) in [6.07, 6.45) is 0. The summed E-state index contributed by atoms with van der Waals surface area (Å²) in [5.74, 6) is 0.0906. The van der Waals surface area contributed by atoms with E-state index in [-0.39, 0.29) is 18.3 Å². The Labute approximate surface area is 185 Å². The van der Waals surface area contributed by atoms with E-state index in [4.69, 9.17) is 4.74 Å². The van der Waals surface area contributed by atoms with Crippen LogP contribution in [0.25, 0.3) is 0 Å². The van der Waals surface area contributed by atoms with Crippen LogP contribution in [0.15, 0.2) is 54.6 Å². The van der Waals surface area contributed by atoms with Crippen LogP contribution in [0.4, 0.5) is 11.4 Å². The maximum Gasteiger partial charge on any atom is 0.256 e. The third-order valence-corrected chi connectivity index (χ3v) is 5.69. The van der Waals surface area contributed by atoms with Crippen LogP contribution in [0.1, 0.15) is 10.4 Å². The van der Waals surface area contributed by atoms with Gasteiger partial charge in [-0.1, -0.05) is 30.3 Å². The Morgan fingerprint density at radius 3 is 2.27 bits per heavy atom. The Morgan fingerprint density at radius 1 is 0.867 bits per heavy atom. The molecule has 2 aromatic rings.